The minimum absolute atomic E-state index is 0.563. The van der Waals surface area contributed by atoms with Crippen LogP contribution in [0.3, 0.4) is 0 Å². The Bertz CT molecular complexity index is 517. The van der Waals surface area contributed by atoms with Gasteiger partial charge in [0.15, 0.2) is 18.9 Å². The fraction of sp³-hybridized carbons (Fsp3) is 0.353. The van der Waals surface area contributed by atoms with E-state index in [1.54, 1.807) is 0 Å². The topological polar surface area (TPSA) is 13.1 Å². The lowest BCUT2D eigenvalue weighted by molar-refractivity contribution is -0.688. The van der Waals surface area contributed by atoms with E-state index in [0.29, 0.717) is 12.5 Å². The second-order valence-electron chi connectivity index (χ2n) is 5.04. The van der Waals surface area contributed by atoms with Crippen LogP contribution in [0.25, 0.3) is 0 Å². The van der Waals surface area contributed by atoms with Crippen molar-refractivity contribution in [3.8, 4) is 5.75 Å². The van der Waals surface area contributed by atoms with Crippen molar-refractivity contribution in [1.82, 2.24) is 0 Å². The first-order valence-electron chi connectivity index (χ1n) is 6.89. The molecule has 2 rings (SSSR count). The Balaban J connectivity index is 2.10. The molecule has 2 aromatic rings. The van der Waals surface area contributed by atoms with Crippen molar-refractivity contribution < 1.29 is 9.30 Å². The van der Waals surface area contributed by atoms with E-state index in [4.69, 9.17) is 4.74 Å². The maximum absolute atomic E-state index is 5.45. The molecule has 0 bridgehead atoms. The summed E-state index contributed by atoms with van der Waals surface area (Å²) in [5.41, 5.74) is 2.66. The van der Waals surface area contributed by atoms with Crippen LogP contribution in [-0.2, 0) is 6.54 Å². The van der Waals surface area contributed by atoms with Crippen molar-refractivity contribution in [1.29, 1.82) is 0 Å². The normalized spacial score (nSPS) is 10.7. The highest BCUT2D eigenvalue weighted by Crippen LogP contribution is 2.13. The summed E-state index contributed by atoms with van der Waals surface area (Å²) in [5.74, 6) is 1.50. The first-order chi connectivity index (χ1) is 9.19. The number of pyridine rings is 1. The van der Waals surface area contributed by atoms with Crippen molar-refractivity contribution in [2.75, 3.05) is 6.61 Å². The lowest BCUT2D eigenvalue weighted by atomic mass is 10.1. The molecule has 19 heavy (non-hydrogen) atoms. The maximum Gasteiger partial charge on any atom is 0.173 e. The molecule has 1 aromatic carbocycles. The van der Waals surface area contributed by atoms with Gasteiger partial charge in [-0.2, -0.15) is 0 Å². The molecular weight excluding hydrogens is 234 g/mol. The van der Waals surface area contributed by atoms with Crippen molar-refractivity contribution in [3.63, 3.8) is 0 Å². The quantitative estimate of drug-likeness (QED) is 0.746. The molecule has 1 heterocycles. The van der Waals surface area contributed by atoms with Gasteiger partial charge in [0.25, 0.3) is 0 Å². The molecule has 0 aliphatic heterocycles. The second kappa shape index (κ2) is 6.37. The minimum atomic E-state index is 0.563. The van der Waals surface area contributed by atoms with Crippen LogP contribution in [0, 0.1) is 0 Å². The Morgan fingerprint density at radius 3 is 2.47 bits per heavy atom. The van der Waals surface area contributed by atoms with Crippen LogP contribution >= 0.6 is 0 Å². The molecule has 0 aliphatic rings. The highest BCUT2D eigenvalue weighted by Gasteiger charge is 2.07. The molecule has 0 amide bonds. The first-order valence-corrected chi connectivity index (χ1v) is 6.89. The van der Waals surface area contributed by atoms with Gasteiger partial charge in [0, 0.05) is 17.2 Å². The van der Waals surface area contributed by atoms with Crippen LogP contribution in [-0.4, -0.2) is 6.61 Å². The molecular formula is C17H22NO+. The molecule has 2 heteroatoms. The van der Waals surface area contributed by atoms with Crippen LogP contribution in [0.1, 0.15) is 37.8 Å². The SMILES string of the molecule is CCOc1ccc(C[n+]2cccc(C(C)C)c2)cc1. The molecule has 0 fully saturated rings. The smallest absolute Gasteiger partial charge is 0.173 e. The largest absolute Gasteiger partial charge is 0.494 e. The van der Waals surface area contributed by atoms with Gasteiger partial charge in [-0.3, -0.25) is 0 Å². The Morgan fingerprint density at radius 1 is 1.11 bits per heavy atom. The third kappa shape index (κ3) is 3.82. The summed E-state index contributed by atoms with van der Waals surface area (Å²) in [7, 11) is 0. The Kier molecular flexibility index (Phi) is 4.56. The highest BCUT2D eigenvalue weighted by atomic mass is 16.5. The van der Waals surface area contributed by atoms with Crippen molar-refractivity contribution >= 4 is 0 Å². The van der Waals surface area contributed by atoms with E-state index in [1.807, 2.05) is 19.1 Å². The fourth-order valence-corrected chi connectivity index (χ4v) is 2.05. The van der Waals surface area contributed by atoms with Crippen LogP contribution in [0.2, 0.25) is 0 Å². The van der Waals surface area contributed by atoms with Gasteiger partial charge in [-0.05, 0) is 43.2 Å². The molecule has 100 valence electrons. The van der Waals surface area contributed by atoms with Gasteiger partial charge in [0.2, 0.25) is 0 Å². The lowest BCUT2D eigenvalue weighted by Crippen LogP contribution is -2.33. The summed E-state index contributed by atoms with van der Waals surface area (Å²) in [6.45, 7) is 8.05. The molecule has 0 radical (unpaired) electrons. The first kappa shape index (κ1) is 13.6. The van der Waals surface area contributed by atoms with E-state index in [2.05, 4.69) is 55.1 Å². The highest BCUT2D eigenvalue weighted by molar-refractivity contribution is 5.26. The number of ether oxygens (including phenoxy) is 1. The second-order valence-corrected chi connectivity index (χ2v) is 5.04. The molecule has 0 saturated heterocycles. The summed E-state index contributed by atoms with van der Waals surface area (Å²) in [6, 6.07) is 12.6. The summed E-state index contributed by atoms with van der Waals surface area (Å²) in [6.07, 6.45) is 4.34. The van der Waals surface area contributed by atoms with Gasteiger partial charge in [0.05, 0.1) is 6.61 Å². The van der Waals surface area contributed by atoms with Crippen LogP contribution in [0.4, 0.5) is 0 Å². The summed E-state index contributed by atoms with van der Waals surface area (Å²) < 4.78 is 7.68. The Morgan fingerprint density at radius 2 is 1.84 bits per heavy atom. The lowest BCUT2D eigenvalue weighted by Gasteiger charge is -2.05. The molecule has 0 saturated carbocycles. The molecule has 2 nitrogen and oxygen atoms in total. The van der Waals surface area contributed by atoms with E-state index in [9.17, 15) is 0 Å². The average Bonchev–Trinajstić information content (AvgIpc) is 2.42. The number of aromatic nitrogens is 1. The summed E-state index contributed by atoms with van der Waals surface area (Å²) in [5, 5.41) is 0. The van der Waals surface area contributed by atoms with Crippen molar-refractivity contribution in [3.05, 3.63) is 59.9 Å². The van der Waals surface area contributed by atoms with E-state index in [-0.39, 0.29) is 0 Å². The molecule has 0 atom stereocenters. The predicted molar refractivity (Wildman–Crippen MR) is 77.4 cm³/mol. The van der Waals surface area contributed by atoms with Gasteiger partial charge >= 0.3 is 0 Å². The van der Waals surface area contributed by atoms with E-state index in [0.717, 1.165) is 12.3 Å². The van der Waals surface area contributed by atoms with Crippen LogP contribution in [0.5, 0.6) is 5.75 Å². The zero-order chi connectivity index (χ0) is 13.7. The van der Waals surface area contributed by atoms with Gasteiger partial charge in [-0.1, -0.05) is 13.8 Å². The summed E-state index contributed by atoms with van der Waals surface area (Å²) in [4.78, 5) is 0. The number of nitrogens with zero attached hydrogens (tertiary/aromatic N) is 1. The minimum Gasteiger partial charge on any atom is -0.494 e. The maximum atomic E-state index is 5.45. The van der Waals surface area contributed by atoms with Crippen LogP contribution in [0.15, 0.2) is 48.8 Å². The number of hydrogen-bond acceptors (Lipinski definition) is 1. The third-order valence-electron chi connectivity index (χ3n) is 3.15. The molecule has 0 aliphatic carbocycles. The van der Waals surface area contributed by atoms with Crippen molar-refractivity contribution in [2.24, 2.45) is 0 Å². The zero-order valence-electron chi connectivity index (χ0n) is 12.0. The van der Waals surface area contributed by atoms with E-state index in [1.165, 1.54) is 11.1 Å². The number of rotatable bonds is 5. The standard InChI is InChI=1S/C17H22NO/c1-4-19-17-9-7-15(8-10-17)12-18-11-5-6-16(13-18)14(2)3/h5-11,13-14H,4,12H2,1-3H3/q+1. The van der Waals surface area contributed by atoms with Gasteiger partial charge < -0.3 is 4.74 Å². The predicted octanol–water partition coefficient (Wildman–Crippen LogP) is 3.54. The molecule has 0 unspecified atom stereocenters. The fourth-order valence-electron chi connectivity index (χ4n) is 2.05. The van der Waals surface area contributed by atoms with Gasteiger partial charge in [0.1, 0.15) is 5.75 Å². The Labute approximate surface area is 115 Å². The third-order valence-corrected chi connectivity index (χ3v) is 3.15. The summed E-state index contributed by atoms with van der Waals surface area (Å²) >= 11 is 0. The van der Waals surface area contributed by atoms with Crippen LogP contribution < -0.4 is 9.30 Å². The molecule has 0 N–H and O–H groups in total. The van der Waals surface area contributed by atoms with Gasteiger partial charge in [-0.25, -0.2) is 4.57 Å². The zero-order valence-corrected chi connectivity index (χ0v) is 12.0. The molecule has 1 aromatic heterocycles. The van der Waals surface area contributed by atoms with Crippen molar-refractivity contribution in [2.45, 2.75) is 33.2 Å². The average molecular weight is 256 g/mol. The van der Waals surface area contributed by atoms with E-state index < -0.39 is 0 Å². The number of benzene rings is 1. The van der Waals surface area contributed by atoms with Gasteiger partial charge in [-0.15, -0.1) is 0 Å². The number of hydrogen-bond donors (Lipinski definition) is 0. The van der Waals surface area contributed by atoms with E-state index >= 15 is 0 Å². The molecule has 0 spiro atoms. The Hall–Kier alpha value is -1.83. The monoisotopic (exact) mass is 256 g/mol.